The molecule has 8 nitrogen and oxygen atoms in total. The third-order valence-corrected chi connectivity index (χ3v) is 3.98. The van der Waals surface area contributed by atoms with Crippen LogP contribution >= 0.6 is 0 Å². The van der Waals surface area contributed by atoms with E-state index in [4.69, 9.17) is 0 Å². The number of allylic oxidation sites excluding steroid dienone is 1. The summed E-state index contributed by atoms with van der Waals surface area (Å²) < 4.78 is 0. The maximum absolute atomic E-state index is 12.5. The Morgan fingerprint density at radius 3 is 2.73 bits per heavy atom. The Kier molecular flexibility index (Phi) is 6.57. The highest BCUT2D eigenvalue weighted by atomic mass is 16.3. The maximum atomic E-state index is 12.5. The van der Waals surface area contributed by atoms with Crippen molar-refractivity contribution in [1.82, 2.24) is 21.1 Å². The van der Waals surface area contributed by atoms with Crippen molar-refractivity contribution in [3.63, 3.8) is 0 Å². The molecular formula is C18H26N4O4. The molecule has 26 heavy (non-hydrogen) atoms. The Morgan fingerprint density at radius 2 is 2.15 bits per heavy atom. The molecule has 0 saturated heterocycles. The lowest BCUT2D eigenvalue weighted by Crippen LogP contribution is -2.46. The fourth-order valence-electron chi connectivity index (χ4n) is 2.49. The fourth-order valence-corrected chi connectivity index (χ4v) is 2.49. The first-order valence-corrected chi connectivity index (χ1v) is 8.74. The largest absolute Gasteiger partial charge is 0.493 e. The summed E-state index contributed by atoms with van der Waals surface area (Å²) in [6, 6.07) is -0.270. The highest BCUT2D eigenvalue weighted by Crippen LogP contribution is 2.20. The van der Waals surface area contributed by atoms with E-state index in [-0.39, 0.29) is 23.6 Å². The molecule has 1 saturated carbocycles. The molecule has 1 aliphatic heterocycles. The Labute approximate surface area is 153 Å². The standard InChI is InChI=1S/C18H26N4O4/c1-11(2)10-22-18(26)15(17(25)20-14-6-7-14)16(24)19-9-13(5-4-8-23)12(3)21-22/h4-5,8-9,11-12,14,21,26H,6-7,10H2,1-3H3,(H,19,24)(H,20,25)/b5-4+,13-9+,18-15-. The van der Waals surface area contributed by atoms with Crippen LogP contribution < -0.4 is 16.1 Å². The molecule has 8 heteroatoms. The number of nitrogens with one attached hydrogen (secondary N) is 3. The quantitative estimate of drug-likeness (QED) is 0.314. The van der Waals surface area contributed by atoms with Gasteiger partial charge in [-0.2, -0.15) is 0 Å². The van der Waals surface area contributed by atoms with Crippen LogP contribution in [0.3, 0.4) is 0 Å². The summed E-state index contributed by atoms with van der Waals surface area (Å²) in [6.07, 6.45) is 6.67. The van der Waals surface area contributed by atoms with Crippen LogP contribution in [-0.4, -0.2) is 46.8 Å². The van der Waals surface area contributed by atoms with Crippen LogP contribution in [-0.2, 0) is 14.4 Å². The van der Waals surface area contributed by atoms with Gasteiger partial charge in [0.25, 0.3) is 11.8 Å². The number of carbonyl (C=O) groups is 3. The molecule has 1 heterocycles. The minimum absolute atomic E-state index is 0.0512. The monoisotopic (exact) mass is 362 g/mol. The Bertz CT molecular complexity index is 662. The van der Waals surface area contributed by atoms with Crippen LogP contribution in [0.4, 0.5) is 0 Å². The normalized spacial score (nSPS) is 26.6. The van der Waals surface area contributed by atoms with Gasteiger partial charge in [-0.25, -0.2) is 5.43 Å². The van der Waals surface area contributed by atoms with Crippen LogP contribution in [0.1, 0.15) is 33.6 Å². The van der Waals surface area contributed by atoms with E-state index in [1.54, 1.807) is 6.08 Å². The van der Waals surface area contributed by atoms with Crippen LogP contribution in [0.25, 0.3) is 0 Å². The van der Waals surface area contributed by atoms with Gasteiger partial charge >= 0.3 is 0 Å². The van der Waals surface area contributed by atoms with E-state index in [9.17, 15) is 19.5 Å². The number of rotatable bonds is 6. The van der Waals surface area contributed by atoms with Crippen LogP contribution in [0.5, 0.6) is 0 Å². The van der Waals surface area contributed by atoms with E-state index in [0.29, 0.717) is 18.4 Å². The number of nitrogens with zero attached hydrogens (tertiary/aromatic N) is 1. The lowest BCUT2D eigenvalue weighted by atomic mass is 10.1. The number of hydrogen-bond donors (Lipinski definition) is 4. The fraction of sp³-hybridized carbons (Fsp3) is 0.500. The zero-order chi connectivity index (χ0) is 19.3. The second kappa shape index (κ2) is 8.66. The van der Waals surface area contributed by atoms with Gasteiger partial charge in [-0.1, -0.05) is 19.9 Å². The third kappa shape index (κ3) is 5.19. The molecule has 142 valence electrons. The van der Waals surface area contributed by atoms with Gasteiger partial charge in [0.15, 0.2) is 5.57 Å². The minimum Gasteiger partial charge on any atom is -0.493 e. The first-order chi connectivity index (χ1) is 12.3. The zero-order valence-corrected chi connectivity index (χ0v) is 15.3. The number of carbonyl (C=O) groups excluding carboxylic acids is 3. The summed E-state index contributed by atoms with van der Waals surface area (Å²) >= 11 is 0. The van der Waals surface area contributed by atoms with Crippen LogP contribution in [0, 0.1) is 5.92 Å². The molecule has 1 aliphatic carbocycles. The van der Waals surface area contributed by atoms with E-state index < -0.39 is 17.7 Å². The molecule has 0 spiro atoms. The number of aldehydes is 1. The van der Waals surface area contributed by atoms with Crippen molar-refractivity contribution in [2.75, 3.05) is 6.54 Å². The lowest BCUT2D eigenvalue weighted by molar-refractivity contribution is -0.124. The van der Waals surface area contributed by atoms with E-state index >= 15 is 0 Å². The number of aliphatic hydroxyl groups excluding tert-OH is 1. The molecule has 1 fully saturated rings. The predicted molar refractivity (Wildman–Crippen MR) is 96.4 cm³/mol. The van der Waals surface area contributed by atoms with Gasteiger partial charge in [0.2, 0.25) is 5.88 Å². The summed E-state index contributed by atoms with van der Waals surface area (Å²) in [5.41, 5.74) is 3.37. The molecule has 2 aliphatic rings. The molecule has 0 aromatic heterocycles. The maximum Gasteiger partial charge on any atom is 0.266 e. The van der Waals surface area contributed by atoms with E-state index in [2.05, 4.69) is 16.1 Å². The zero-order valence-electron chi connectivity index (χ0n) is 15.3. The van der Waals surface area contributed by atoms with Crippen LogP contribution in [0.15, 0.2) is 35.4 Å². The summed E-state index contributed by atoms with van der Waals surface area (Å²) in [5.74, 6) is -1.57. The highest BCUT2D eigenvalue weighted by molar-refractivity contribution is 6.19. The third-order valence-electron chi connectivity index (χ3n) is 3.98. The summed E-state index contributed by atoms with van der Waals surface area (Å²) in [7, 11) is 0. The van der Waals surface area contributed by atoms with Crippen molar-refractivity contribution >= 4 is 18.1 Å². The van der Waals surface area contributed by atoms with E-state index in [1.807, 2.05) is 20.8 Å². The van der Waals surface area contributed by atoms with Crippen LogP contribution in [0.2, 0.25) is 0 Å². The number of amides is 2. The van der Waals surface area contributed by atoms with Gasteiger partial charge in [0.05, 0.1) is 0 Å². The predicted octanol–water partition coefficient (Wildman–Crippen LogP) is 0.655. The summed E-state index contributed by atoms with van der Waals surface area (Å²) in [5, 5.41) is 17.4. The number of hydrogen-bond acceptors (Lipinski definition) is 6. The molecule has 0 aromatic carbocycles. The Balaban J connectivity index is 2.40. The van der Waals surface area contributed by atoms with E-state index in [0.717, 1.165) is 12.8 Å². The molecule has 0 aromatic rings. The molecule has 1 unspecified atom stereocenters. The molecule has 2 amide bonds. The molecule has 0 bridgehead atoms. The summed E-state index contributed by atoms with van der Waals surface area (Å²) in [6.45, 7) is 6.12. The average molecular weight is 362 g/mol. The number of aliphatic hydroxyl groups is 1. The van der Waals surface area contributed by atoms with Gasteiger partial charge in [-0.15, -0.1) is 0 Å². The van der Waals surface area contributed by atoms with Crippen molar-refractivity contribution in [1.29, 1.82) is 0 Å². The molecular weight excluding hydrogens is 336 g/mol. The lowest BCUT2D eigenvalue weighted by Gasteiger charge is -2.30. The Hall–Kier alpha value is -2.61. The van der Waals surface area contributed by atoms with Crippen molar-refractivity contribution in [3.05, 3.63) is 35.4 Å². The second-order valence-corrected chi connectivity index (χ2v) is 6.91. The minimum atomic E-state index is -0.706. The molecule has 2 rings (SSSR count). The Morgan fingerprint density at radius 1 is 1.46 bits per heavy atom. The van der Waals surface area contributed by atoms with Gasteiger partial charge in [0.1, 0.15) is 6.29 Å². The van der Waals surface area contributed by atoms with Crippen molar-refractivity contribution in [2.45, 2.75) is 45.7 Å². The van der Waals surface area contributed by atoms with Crippen molar-refractivity contribution in [2.24, 2.45) is 5.92 Å². The molecule has 4 N–H and O–H groups in total. The average Bonchev–Trinajstić information content (AvgIpc) is 3.36. The summed E-state index contributed by atoms with van der Waals surface area (Å²) in [4.78, 5) is 35.7. The second-order valence-electron chi connectivity index (χ2n) is 6.91. The van der Waals surface area contributed by atoms with Gasteiger partial charge in [-0.05, 0) is 37.3 Å². The molecule has 0 radical (unpaired) electrons. The van der Waals surface area contributed by atoms with Crippen molar-refractivity contribution < 1.29 is 19.5 Å². The first-order valence-electron chi connectivity index (χ1n) is 8.74. The first kappa shape index (κ1) is 19.7. The smallest absolute Gasteiger partial charge is 0.266 e. The van der Waals surface area contributed by atoms with Gasteiger partial charge < -0.3 is 15.7 Å². The SMILES string of the molecule is CC(C)CN1NC(C)C(/C=C/C=O)=C/NC(=O)/C(C(=O)NC2CC2)=C\1O. The molecule has 1 atom stereocenters. The number of hydrazine groups is 1. The topological polar surface area (TPSA) is 111 Å². The highest BCUT2D eigenvalue weighted by Gasteiger charge is 2.32. The van der Waals surface area contributed by atoms with Gasteiger partial charge in [0, 0.05) is 24.8 Å². The van der Waals surface area contributed by atoms with E-state index in [1.165, 1.54) is 17.3 Å². The van der Waals surface area contributed by atoms with Gasteiger partial charge in [-0.3, -0.25) is 19.4 Å². The van der Waals surface area contributed by atoms with Crippen molar-refractivity contribution in [3.8, 4) is 0 Å².